The number of aromatic nitrogens is 2. The van der Waals surface area contributed by atoms with E-state index in [4.69, 9.17) is 0 Å². The molecular formula is C14H12N2. The molecule has 0 radical (unpaired) electrons. The van der Waals surface area contributed by atoms with Crippen LogP contribution in [0.25, 0.3) is 22.0 Å². The zero-order valence-corrected chi connectivity index (χ0v) is 9.07. The third kappa shape index (κ3) is 1.39. The molecule has 0 atom stereocenters. The summed E-state index contributed by atoms with van der Waals surface area (Å²) >= 11 is 0. The molecule has 2 aromatic heterocycles. The van der Waals surface area contributed by atoms with Crippen molar-refractivity contribution in [3.8, 4) is 11.1 Å². The summed E-state index contributed by atoms with van der Waals surface area (Å²) in [5.74, 6) is 0. The van der Waals surface area contributed by atoms with Crippen LogP contribution >= 0.6 is 0 Å². The number of fused-ring (bicyclic) bond motifs is 1. The van der Waals surface area contributed by atoms with Crippen LogP contribution < -0.4 is 0 Å². The van der Waals surface area contributed by atoms with Crippen molar-refractivity contribution < 1.29 is 0 Å². The second-order valence-corrected chi connectivity index (χ2v) is 3.96. The van der Waals surface area contributed by atoms with Crippen molar-refractivity contribution in [1.82, 2.24) is 9.97 Å². The number of hydrogen-bond acceptors (Lipinski definition) is 1. The van der Waals surface area contributed by atoms with Crippen LogP contribution in [0.5, 0.6) is 0 Å². The molecule has 2 heteroatoms. The lowest BCUT2D eigenvalue weighted by Gasteiger charge is -2.02. The third-order valence-corrected chi connectivity index (χ3v) is 2.79. The van der Waals surface area contributed by atoms with Crippen LogP contribution in [0.15, 0.2) is 48.8 Å². The van der Waals surface area contributed by atoms with Crippen molar-refractivity contribution in [2.75, 3.05) is 0 Å². The van der Waals surface area contributed by atoms with Crippen LogP contribution in [-0.2, 0) is 0 Å². The van der Waals surface area contributed by atoms with Gasteiger partial charge in [0.2, 0.25) is 0 Å². The first-order valence-electron chi connectivity index (χ1n) is 5.33. The predicted octanol–water partition coefficient (Wildman–Crippen LogP) is 3.54. The van der Waals surface area contributed by atoms with E-state index in [9.17, 15) is 0 Å². The van der Waals surface area contributed by atoms with Gasteiger partial charge < -0.3 is 4.98 Å². The number of nitrogens with zero attached hydrogens (tertiary/aromatic N) is 1. The van der Waals surface area contributed by atoms with Gasteiger partial charge in [-0.15, -0.1) is 0 Å². The fraction of sp³-hybridized carbons (Fsp3) is 0.0714. The van der Waals surface area contributed by atoms with Crippen molar-refractivity contribution in [1.29, 1.82) is 0 Å². The highest BCUT2D eigenvalue weighted by atomic mass is 14.7. The highest BCUT2D eigenvalue weighted by molar-refractivity contribution is 5.95. The molecule has 2 heterocycles. The van der Waals surface area contributed by atoms with Crippen molar-refractivity contribution >= 4 is 10.9 Å². The van der Waals surface area contributed by atoms with Gasteiger partial charge in [-0.2, -0.15) is 0 Å². The van der Waals surface area contributed by atoms with Gasteiger partial charge in [-0.05, 0) is 42.3 Å². The van der Waals surface area contributed by atoms with Gasteiger partial charge in [-0.25, -0.2) is 0 Å². The second kappa shape index (κ2) is 3.49. The van der Waals surface area contributed by atoms with E-state index in [2.05, 4.69) is 41.2 Å². The zero-order chi connectivity index (χ0) is 11.0. The molecule has 0 bridgehead atoms. The summed E-state index contributed by atoms with van der Waals surface area (Å²) in [6.07, 6.45) is 3.65. The lowest BCUT2D eigenvalue weighted by atomic mass is 10.0. The van der Waals surface area contributed by atoms with Gasteiger partial charge in [0.25, 0.3) is 0 Å². The number of aromatic amines is 1. The number of nitrogens with one attached hydrogen (secondary N) is 1. The summed E-state index contributed by atoms with van der Waals surface area (Å²) in [5.41, 5.74) is 4.84. The first-order valence-corrected chi connectivity index (χ1v) is 5.33. The maximum absolute atomic E-state index is 4.05. The lowest BCUT2D eigenvalue weighted by Crippen LogP contribution is -1.79. The standard InChI is InChI=1S/C14H12N2/c1-10-9-13-12(3-2-4-14(13)16-10)11-5-7-15-8-6-11/h2-9,16H,1H3. The minimum Gasteiger partial charge on any atom is -0.359 e. The molecule has 1 aromatic carbocycles. The Balaban J connectivity index is 2.31. The van der Waals surface area contributed by atoms with E-state index >= 15 is 0 Å². The molecule has 0 aliphatic rings. The van der Waals surface area contributed by atoms with E-state index in [0.717, 1.165) is 0 Å². The molecule has 0 fully saturated rings. The SMILES string of the molecule is Cc1cc2c(-c3ccncc3)cccc2[nH]1. The van der Waals surface area contributed by atoms with Gasteiger partial charge in [-0.3, -0.25) is 4.98 Å². The summed E-state index contributed by atoms with van der Waals surface area (Å²) in [7, 11) is 0. The fourth-order valence-corrected chi connectivity index (χ4v) is 2.08. The van der Waals surface area contributed by atoms with Crippen LogP contribution in [0.4, 0.5) is 0 Å². The number of hydrogen-bond donors (Lipinski definition) is 1. The molecular weight excluding hydrogens is 196 g/mol. The normalized spacial score (nSPS) is 10.8. The largest absolute Gasteiger partial charge is 0.359 e. The third-order valence-electron chi connectivity index (χ3n) is 2.79. The van der Waals surface area contributed by atoms with Crippen LogP contribution in [0.3, 0.4) is 0 Å². The van der Waals surface area contributed by atoms with Crippen LogP contribution in [0.2, 0.25) is 0 Å². The molecule has 0 aliphatic carbocycles. The van der Waals surface area contributed by atoms with E-state index in [1.807, 2.05) is 24.5 Å². The van der Waals surface area contributed by atoms with Gasteiger partial charge in [0.15, 0.2) is 0 Å². The summed E-state index contributed by atoms with van der Waals surface area (Å²) in [5, 5.41) is 1.27. The van der Waals surface area contributed by atoms with Gasteiger partial charge in [0.05, 0.1) is 0 Å². The molecule has 0 saturated carbocycles. The van der Waals surface area contributed by atoms with Crippen LogP contribution in [-0.4, -0.2) is 9.97 Å². The van der Waals surface area contributed by atoms with Gasteiger partial charge in [0.1, 0.15) is 0 Å². The Labute approximate surface area is 94.0 Å². The maximum atomic E-state index is 4.05. The molecule has 78 valence electrons. The predicted molar refractivity (Wildman–Crippen MR) is 66.3 cm³/mol. The molecule has 3 rings (SSSR count). The Hall–Kier alpha value is -2.09. The minimum atomic E-state index is 1.19. The highest BCUT2D eigenvalue weighted by Crippen LogP contribution is 2.28. The number of rotatable bonds is 1. The summed E-state index contributed by atoms with van der Waals surface area (Å²) in [6.45, 7) is 2.08. The van der Waals surface area contributed by atoms with Crippen LogP contribution in [0.1, 0.15) is 5.69 Å². The molecule has 0 saturated heterocycles. The van der Waals surface area contributed by atoms with E-state index in [1.54, 1.807) is 0 Å². The molecule has 0 amide bonds. The molecule has 2 nitrogen and oxygen atoms in total. The summed E-state index contributed by atoms with van der Waals surface area (Å²) < 4.78 is 0. The Morgan fingerprint density at radius 3 is 2.69 bits per heavy atom. The molecule has 0 spiro atoms. The topological polar surface area (TPSA) is 28.7 Å². The Kier molecular flexibility index (Phi) is 2.00. The smallest absolute Gasteiger partial charge is 0.0462 e. The fourth-order valence-electron chi connectivity index (χ4n) is 2.08. The van der Waals surface area contributed by atoms with Gasteiger partial charge in [0, 0.05) is 29.0 Å². The second-order valence-electron chi connectivity index (χ2n) is 3.96. The maximum Gasteiger partial charge on any atom is 0.0462 e. The summed E-state index contributed by atoms with van der Waals surface area (Å²) in [6, 6.07) is 12.6. The number of pyridine rings is 1. The Bertz CT molecular complexity index is 624. The first kappa shape index (κ1) is 9.16. The number of benzene rings is 1. The number of aryl methyl sites for hydroxylation is 1. The minimum absolute atomic E-state index is 1.19. The molecule has 16 heavy (non-hydrogen) atoms. The summed E-state index contributed by atoms with van der Waals surface area (Å²) in [4.78, 5) is 7.40. The van der Waals surface area contributed by atoms with E-state index in [0.29, 0.717) is 0 Å². The average molecular weight is 208 g/mol. The van der Waals surface area contributed by atoms with Gasteiger partial charge >= 0.3 is 0 Å². The van der Waals surface area contributed by atoms with Crippen molar-refractivity contribution in [3.63, 3.8) is 0 Å². The molecule has 3 aromatic rings. The zero-order valence-electron chi connectivity index (χ0n) is 9.07. The van der Waals surface area contributed by atoms with Crippen molar-refractivity contribution in [2.24, 2.45) is 0 Å². The quantitative estimate of drug-likeness (QED) is 0.651. The molecule has 0 aliphatic heterocycles. The monoisotopic (exact) mass is 208 g/mol. The molecule has 0 unspecified atom stereocenters. The van der Waals surface area contributed by atoms with E-state index in [-0.39, 0.29) is 0 Å². The average Bonchev–Trinajstić information content (AvgIpc) is 2.70. The lowest BCUT2D eigenvalue weighted by molar-refractivity contribution is 1.30. The first-order chi connectivity index (χ1) is 7.84. The molecule has 1 N–H and O–H groups in total. The van der Waals surface area contributed by atoms with Gasteiger partial charge in [-0.1, -0.05) is 12.1 Å². The van der Waals surface area contributed by atoms with E-state index in [1.165, 1.54) is 27.7 Å². The van der Waals surface area contributed by atoms with Crippen molar-refractivity contribution in [2.45, 2.75) is 6.92 Å². The Morgan fingerprint density at radius 1 is 1.06 bits per heavy atom. The number of H-pyrrole nitrogens is 1. The highest BCUT2D eigenvalue weighted by Gasteiger charge is 2.04. The van der Waals surface area contributed by atoms with Crippen molar-refractivity contribution in [3.05, 3.63) is 54.5 Å². The Morgan fingerprint density at radius 2 is 1.88 bits per heavy atom. The van der Waals surface area contributed by atoms with E-state index < -0.39 is 0 Å². The van der Waals surface area contributed by atoms with Crippen LogP contribution in [0, 0.1) is 6.92 Å².